The summed E-state index contributed by atoms with van der Waals surface area (Å²) in [6.07, 6.45) is -3.45. The maximum absolute atomic E-state index is 12.7. The van der Waals surface area contributed by atoms with Crippen molar-refractivity contribution < 1.29 is 23.0 Å². The number of hydrogen-bond acceptors (Lipinski definition) is 2. The normalized spacial score (nSPS) is 21.6. The summed E-state index contributed by atoms with van der Waals surface area (Å²) in [5.74, 6) is 0. The smallest absolute Gasteiger partial charge is 0.380 e. The first-order valence-corrected chi connectivity index (χ1v) is 9.53. The number of fused-ring (bicyclic) bond motifs is 1. The largest absolute Gasteiger partial charge is 0.416 e. The van der Waals surface area contributed by atoms with Gasteiger partial charge in [0.05, 0.1) is 18.3 Å². The van der Waals surface area contributed by atoms with E-state index in [1.54, 1.807) is 0 Å². The van der Waals surface area contributed by atoms with Crippen molar-refractivity contribution in [2.45, 2.75) is 37.3 Å². The van der Waals surface area contributed by atoms with Crippen LogP contribution in [0.1, 0.15) is 46.8 Å². The van der Waals surface area contributed by atoms with Gasteiger partial charge in [-0.1, -0.05) is 66.7 Å². The van der Waals surface area contributed by atoms with Gasteiger partial charge in [0.15, 0.2) is 0 Å². The van der Waals surface area contributed by atoms with Crippen LogP contribution in [0.4, 0.5) is 13.2 Å². The van der Waals surface area contributed by atoms with Crippen molar-refractivity contribution in [2.24, 2.45) is 0 Å². The van der Waals surface area contributed by atoms with E-state index in [2.05, 4.69) is 0 Å². The molecule has 150 valence electrons. The Morgan fingerprint density at radius 1 is 0.897 bits per heavy atom. The number of ether oxygens (including phenoxy) is 1. The molecule has 0 heterocycles. The van der Waals surface area contributed by atoms with Gasteiger partial charge in [-0.3, -0.25) is 0 Å². The topological polar surface area (TPSA) is 29.5 Å². The van der Waals surface area contributed by atoms with Gasteiger partial charge in [-0.15, -0.1) is 0 Å². The SMILES string of the molecule is OC1(c2ccccc2)CCC(OCc2ccc(C(F)(F)F)cc2)c2ccccc21. The molecule has 2 unspecified atom stereocenters. The minimum atomic E-state index is -4.34. The average molecular weight is 398 g/mol. The first kappa shape index (κ1) is 19.7. The Kier molecular flexibility index (Phi) is 5.19. The van der Waals surface area contributed by atoms with Gasteiger partial charge in [0.25, 0.3) is 0 Å². The summed E-state index contributed by atoms with van der Waals surface area (Å²) in [4.78, 5) is 0. The Morgan fingerprint density at radius 3 is 2.24 bits per heavy atom. The first-order chi connectivity index (χ1) is 13.9. The van der Waals surface area contributed by atoms with E-state index in [4.69, 9.17) is 4.74 Å². The zero-order valence-electron chi connectivity index (χ0n) is 15.7. The fourth-order valence-corrected chi connectivity index (χ4v) is 3.96. The number of alkyl halides is 3. The molecule has 0 spiro atoms. The first-order valence-electron chi connectivity index (χ1n) is 9.53. The van der Waals surface area contributed by atoms with Gasteiger partial charge in [0, 0.05) is 0 Å². The van der Waals surface area contributed by atoms with Gasteiger partial charge in [-0.2, -0.15) is 13.2 Å². The zero-order valence-corrected chi connectivity index (χ0v) is 15.7. The second-order valence-electron chi connectivity index (χ2n) is 7.35. The Balaban J connectivity index is 1.54. The molecule has 29 heavy (non-hydrogen) atoms. The molecule has 1 aliphatic carbocycles. The highest BCUT2D eigenvalue weighted by molar-refractivity contribution is 5.44. The summed E-state index contributed by atoms with van der Waals surface area (Å²) in [7, 11) is 0. The standard InChI is InChI=1S/C24H21F3O2/c25-24(26,27)19-12-10-17(11-13-19)16-29-22-14-15-23(28,18-6-2-1-3-7-18)21-9-5-4-8-20(21)22/h1-13,22,28H,14-16H2. The van der Waals surface area contributed by atoms with Crippen molar-refractivity contribution in [3.63, 3.8) is 0 Å². The van der Waals surface area contributed by atoms with E-state index in [0.717, 1.165) is 28.8 Å². The monoisotopic (exact) mass is 398 g/mol. The Bertz CT molecular complexity index is 967. The van der Waals surface area contributed by atoms with Gasteiger partial charge in [0.1, 0.15) is 5.60 Å². The fraction of sp³-hybridized carbons (Fsp3) is 0.250. The molecule has 3 aromatic rings. The molecule has 0 radical (unpaired) electrons. The summed E-state index contributed by atoms with van der Waals surface area (Å²) in [5.41, 5.74) is 1.50. The van der Waals surface area contributed by atoms with Crippen LogP contribution in [0, 0.1) is 0 Å². The second-order valence-corrected chi connectivity index (χ2v) is 7.35. The Hall–Kier alpha value is -2.63. The Morgan fingerprint density at radius 2 is 1.55 bits per heavy atom. The van der Waals surface area contributed by atoms with Crippen LogP contribution in [0.25, 0.3) is 0 Å². The highest BCUT2D eigenvalue weighted by Crippen LogP contribution is 2.45. The molecular formula is C24H21F3O2. The molecule has 2 atom stereocenters. The van der Waals surface area contributed by atoms with Gasteiger partial charge in [0.2, 0.25) is 0 Å². The van der Waals surface area contributed by atoms with Gasteiger partial charge in [-0.05, 0) is 47.2 Å². The minimum Gasteiger partial charge on any atom is -0.380 e. The van der Waals surface area contributed by atoms with Gasteiger partial charge < -0.3 is 9.84 Å². The van der Waals surface area contributed by atoms with E-state index in [-0.39, 0.29) is 12.7 Å². The summed E-state index contributed by atoms with van der Waals surface area (Å²) >= 11 is 0. The van der Waals surface area contributed by atoms with Gasteiger partial charge >= 0.3 is 6.18 Å². The van der Waals surface area contributed by atoms with Crippen molar-refractivity contribution in [2.75, 3.05) is 0 Å². The predicted octanol–water partition coefficient (Wildman–Crippen LogP) is 5.99. The summed E-state index contributed by atoms with van der Waals surface area (Å²) in [6, 6.07) is 22.2. The summed E-state index contributed by atoms with van der Waals surface area (Å²) in [5, 5.41) is 11.4. The highest BCUT2D eigenvalue weighted by Gasteiger charge is 2.39. The van der Waals surface area contributed by atoms with Crippen LogP contribution in [0.3, 0.4) is 0 Å². The van der Waals surface area contributed by atoms with Crippen LogP contribution in [-0.2, 0) is 23.1 Å². The van der Waals surface area contributed by atoms with Crippen molar-refractivity contribution in [1.82, 2.24) is 0 Å². The number of hydrogen-bond donors (Lipinski definition) is 1. The lowest BCUT2D eigenvalue weighted by Gasteiger charge is -2.38. The molecule has 0 aliphatic heterocycles. The number of aliphatic hydroxyl groups is 1. The third kappa shape index (κ3) is 3.93. The predicted molar refractivity (Wildman–Crippen MR) is 104 cm³/mol. The lowest BCUT2D eigenvalue weighted by molar-refractivity contribution is -0.137. The van der Waals surface area contributed by atoms with E-state index in [0.29, 0.717) is 18.4 Å². The molecule has 0 saturated heterocycles. The minimum absolute atomic E-state index is 0.209. The van der Waals surface area contributed by atoms with Gasteiger partial charge in [-0.25, -0.2) is 0 Å². The average Bonchev–Trinajstić information content (AvgIpc) is 2.74. The van der Waals surface area contributed by atoms with Crippen molar-refractivity contribution in [1.29, 1.82) is 0 Å². The Labute approximate surface area is 167 Å². The number of rotatable bonds is 4. The molecule has 2 nitrogen and oxygen atoms in total. The number of halogens is 3. The van der Waals surface area contributed by atoms with Crippen LogP contribution >= 0.6 is 0 Å². The molecule has 4 rings (SSSR count). The molecule has 0 bridgehead atoms. The third-order valence-corrected chi connectivity index (χ3v) is 5.51. The third-order valence-electron chi connectivity index (χ3n) is 5.51. The van der Waals surface area contributed by atoms with E-state index in [1.807, 2.05) is 54.6 Å². The molecule has 0 aromatic heterocycles. The molecule has 5 heteroatoms. The van der Waals surface area contributed by atoms with E-state index in [9.17, 15) is 18.3 Å². The quantitative estimate of drug-likeness (QED) is 0.585. The van der Waals surface area contributed by atoms with Crippen LogP contribution in [0.5, 0.6) is 0 Å². The van der Waals surface area contributed by atoms with E-state index < -0.39 is 17.3 Å². The van der Waals surface area contributed by atoms with Crippen molar-refractivity contribution >= 4 is 0 Å². The molecule has 1 N–H and O–H groups in total. The molecule has 1 aliphatic rings. The molecule has 0 saturated carbocycles. The van der Waals surface area contributed by atoms with Crippen LogP contribution in [0.15, 0.2) is 78.9 Å². The molecule has 0 fully saturated rings. The van der Waals surface area contributed by atoms with Crippen LogP contribution in [-0.4, -0.2) is 5.11 Å². The zero-order chi connectivity index (χ0) is 20.5. The second kappa shape index (κ2) is 7.65. The number of benzene rings is 3. The molecule has 0 amide bonds. The van der Waals surface area contributed by atoms with Crippen LogP contribution < -0.4 is 0 Å². The maximum Gasteiger partial charge on any atom is 0.416 e. The maximum atomic E-state index is 12.7. The summed E-state index contributed by atoms with van der Waals surface area (Å²) in [6.45, 7) is 0.209. The highest BCUT2D eigenvalue weighted by atomic mass is 19.4. The van der Waals surface area contributed by atoms with Crippen molar-refractivity contribution in [3.05, 3.63) is 107 Å². The lowest BCUT2D eigenvalue weighted by Crippen LogP contribution is -2.34. The molecule has 3 aromatic carbocycles. The lowest BCUT2D eigenvalue weighted by atomic mass is 9.74. The fourth-order valence-electron chi connectivity index (χ4n) is 3.96. The molecular weight excluding hydrogens is 377 g/mol. The van der Waals surface area contributed by atoms with E-state index >= 15 is 0 Å². The van der Waals surface area contributed by atoms with Crippen molar-refractivity contribution in [3.8, 4) is 0 Å². The van der Waals surface area contributed by atoms with Crippen LogP contribution in [0.2, 0.25) is 0 Å². The van der Waals surface area contributed by atoms with E-state index in [1.165, 1.54) is 12.1 Å². The summed E-state index contributed by atoms with van der Waals surface area (Å²) < 4.78 is 44.2.